The van der Waals surface area contributed by atoms with Crippen LogP contribution in [0.3, 0.4) is 0 Å². The highest BCUT2D eigenvalue weighted by atomic mass is 16.5. The molecular weight excluding hydrogens is 376 g/mol. The Hall–Kier alpha value is -3.74. The number of pyridine rings is 2. The first-order chi connectivity index (χ1) is 14.8. The third-order valence-corrected chi connectivity index (χ3v) is 5.24. The number of aromatic nitrogens is 4. The third kappa shape index (κ3) is 3.50. The van der Waals surface area contributed by atoms with Crippen molar-refractivity contribution in [2.45, 2.75) is 12.8 Å². The van der Waals surface area contributed by atoms with Gasteiger partial charge in [-0.1, -0.05) is 18.2 Å². The van der Waals surface area contributed by atoms with E-state index in [0.29, 0.717) is 11.6 Å². The summed E-state index contributed by atoms with van der Waals surface area (Å²) >= 11 is 0. The lowest BCUT2D eigenvalue weighted by molar-refractivity contribution is 0.418. The van der Waals surface area contributed by atoms with Crippen LogP contribution in [0.4, 0.5) is 17.3 Å². The Morgan fingerprint density at radius 2 is 1.83 bits per heavy atom. The number of fused-ring (bicyclic) bond motifs is 1. The van der Waals surface area contributed by atoms with E-state index < -0.39 is 0 Å². The van der Waals surface area contributed by atoms with E-state index in [1.165, 1.54) is 0 Å². The summed E-state index contributed by atoms with van der Waals surface area (Å²) in [6.45, 7) is 1.96. The molecule has 4 aromatic rings. The van der Waals surface area contributed by atoms with E-state index in [9.17, 15) is 0 Å². The second kappa shape index (κ2) is 7.94. The molecule has 0 spiro atoms. The zero-order valence-electron chi connectivity index (χ0n) is 16.7. The van der Waals surface area contributed by atoms with Gasteiger partial charge < -0.3 is 15.0 Å². The normalized spacial score (nSPS) is 13.6. The zero-order valence-corrected chi connectivity index (χ0v) is 16.7. The molecule has 1 aromatic carbocycles. The van der Waals surface area contributed by atoms with E-state index in [0.717, 1.165) is 59.7 Å². The van der Waals surface area contributed by atoms with E-state index >= 15 is 0 Å². The molecule has 1 aliphatic rings. The number of methoxy groups -OCH3 is 1. The van der Waals surface area contributed by atoms with E-state index in [-0.39, 0.29) is 0 Å². The molecular formula is C23H22N6O. The molecule has 5 rings (SSSR count). The largest absolute Gasteiger partial charge is 0.494 e. The quantitative estimate of drug-likeness (QED) is 0.533. The van der Waals surface area contributed by atoms with E-state index in [1.54, 1.807) is 25.7 Å². The Balaban J connectivity index is 1.60. The van der Waals surface area contributed by atoms with Crippen molar-refractivity contribution >= 4 is 28.2 Å². The van der Waals surface area contributed by atoms with Crippen LogP contribution in [0.2, 0.25) is 0 Å². The fourth-order valence-electron chi connectivity index (χ4n) is 3.78. The third-order valence-electron chi connectivity index (χ3n) is 5.24. The molecule has 3 aromatic heterocycles. The van der Waals surface area contributed by atoms with Crippen molar-refractivity contribution in [2.24, 2.45) is 0 Å². The number of nitrogens with zero attached hydrogens (tertiary/aromatic N) is 5. The molecule has 1 saturated heterocycles. The first-order valence-corrected chi connectivity index (χ1v) is 10.0. The molecule has 0 aliphatic carbocycles. The number of ether oxygens (including phenoxy) is 1. The Kier molecular flexibility index (Phi) is 4.85. The molecule has 1 aliphatic heterocycles. The van der Waals surface area contributed by atoms with E-state index in [4.69, 9.17) is 14.7 Å². The molecule has 4 heterocycles. The molecule has 0 unspecified atom stereocenters. The molecule has 0 bridgehead atoms. The number of rotatable bonds is 5. The zero-order chi connectivity index (χ0) is 20.3. The molecule has 150 valence electrons. The first kappa shape index (κ1) is 18.3. The van der Waals surface area contributed by atoms with Crippen LogP contribution >= 0.6 is 0 Å². The van der Waals surface area contributed by atoms with E-state index in [2.05, 4.69) is 20.2 Å². The van der Waals surface area contributed by atoms with Gasteiger partial charge in [0.25, 0.3) is 0 Å². The van der Waals surface area contributed by atoms with Crippen molar-refractivity contribution in [3.8, 4) is 17.1 Å². The minimum Gasteiger partial charge on any atom is -0.494 e. The number of hydrogen-bond donors (Lipinski definition) is 1. The van der Waals surface area contributed by atoms with Crippen LogP contribution in [0.25, 0.3) is 22.3 Å². The number of hydrogen-bond acceptors (Lipinski definition) is 7. The molecule has 0 amide bonds. The van der Waals surface area contributed by atoms with Crippen molar-refractivity contribution in [2.75, 3.05) is 30.4 Å². The highest BCUT2D eigenvalue weighted by Gasteiger charge is 2.21. The van der Waals surface area contributed by atoms with Gasteiger partial charge in [0.2, 0.25) is 0 Å². The SMILES string of the molecule is COc1cncc2nc(-c3ccnc(Nc4ccccc4)c3)nc(N3CCCC3)c12. The van der Waals surface area contributed by atoms with Gasteiger partial charge >= 0.3 is 0 Å². The Morgan fingerprint density at radius 1 is 1.00 bits per heavy atom. The summed E-state index contributed by atoms with van der Waals surface area (Å²) in [6.07, 6.45) is 7.59. The molecule has 0 atom stereocenters. The number of benzene rings is 1. The predicted octanol–water partition coefficient (Wildman–Crippen LogP) is 4.44. The summed E-state index contributed by atoms with van der Waals surface area (Å²) in [7, 11) is 1.66. The Labute approximate surface area is 174 Å². The molecule has 7 heteroatoms. The molecule has 1 fully saturated rings. The molecule has 30 heavy (non-hydrogen) atoms. The molecule has 1 N–H and O–H groups in total. The Bertz CT molecular complexity index is 1170. The maximum Gasteiger partial charge on any atom is 0.162 e. The molecule has 7 nitrogen and oxygen atoms in total. The maximum absolute atomic E-state index is 5.57. The van der Waals surface area contributed by atoms with Gasteiger partial charge in [-0.2, -0.15) is 0 Å². The fourth-order valence-corrected chi connectivity index (χ4v) is 3.78. The number of para-hydroxylation sites is 1. The van der Waals surface area contributed by atoms with Gasteiger partial charge in [0.1, 0.15) is 17.4 Å². The van der Waals surface area contributed by atoms with Gasteiger partial charge in [0.15, 0.2) is 5.82 Å². The summed E-state index contributed by atoms with van der Waals surface area (Å²) in [5.74, 6) is 3.00. The smallest absolute Gasteiger partial charge is 0.162 e. The van der Waals surface area contributed by atoms with Crippen molar-refractivity contribution in [3.05, 3.63) is 61.1 Å². The van der Waals surface area contributed by atoms with Crippen molar-refractivity contribution in [1.82, 2.24) is 19.9 Å². The maximum atomic E-state index is 5.57. The fraction of sp³-hybridized carbons (Fsp3) is 0.217. The summed E-state index contributed by atoms with van der Waals surface area (Å²) in [5.41, 5.74) is 2.65. The summed E-state index contributed by atoms with van der Waals surface area (Å²) in [5, 5.41) is 4.24. The van der Waals surface area contributed by atoms with Gasteiger partial charge in [-0.05, 0) is 37.1 Å². The van der Waals surface area contributed by atoms with Crippen LogP contribution in [0.1, 0.15) is 12.8 Å². The molecule has 0 radical (unpaired) electrons. The average Bonchev–Trinajstić information content (AvgIpc) is 3.33. The molecule has 0 saturated carbocycles. The highest BCUT2D eigenvalue weighted by molar-refractivity contribution is 5.95. The van der Waals surface area contributed by atoms with Gasteiger partial charge in [-0.15, -0.1) is 0 Å². The average molecular weight is 398 g/mol. The van der Waals surface area contributed by atoms with Gasteiger partial charge in [-0.3, -0.25) is 4.98 Å². The van der Waals surface area contributed by atoms with Crippen LogP contribution in [0.15, 0.2) is 61.1 Å². The standard InChI is InChI=1S/C23H22N6O/c1-30-19-15-24-14-18-21(19)23(29-11-5-6-12-29)28-22(27-18)16-9-10-25-20(13-16)26-17-7-3-2-4-8-17/h2-4,7-10,13-15H,5-6,11-12H2,1H3,(H,25,26). The predicted molar refractivity (Wildman–Crippen MR) is 118 cm³/mol. The summed E-state index contributed by atoms with van der Waals surface area (Å²) in [4.78, 5) is 20.8. The first-order valence-electron chi connectivity index (χ1n) is 10.0. The van der Waals surface area contributed by atoms with Gasteiger partial charge in [0, 0.05) is 30.5 Å². The lowest BCUT2D eigenvalue weighted by Gasteiger charge is -2.20. The van der Waals surface area contributed by atoms with Crippen molar-refractivity contribution in [1.29, 1.82) is 0 Å². The van der Waals surface area contributed by atoms with E-state index in [1.807, 2.05) is 42.5 Å². The lowest BCUT2D eigenvalue weighted by atomic mass is 10.2. The summed E-state index contributed by atoms with van der Waals surface area (Å²) < 4.78 is 5.57. The van der Waals surface area contributed by atoms with Crippen LogP contribution in [0.5, 0.6) is 5.75 Å². The lowest BCUT2D eigenvalue weighted by Crippen LogP contribution is -2.20. The topological polar surface area (TPSA) is 76.1 Å². The van der Waals surface area contributed by atoms with Gasteiger partial charge in [-0.25, -0.2) is 15.0 Å². The van der Waals surface area contributed by atoms with Crippen molar-refractivity contribution < 1.29 is 4.74 Å². The second-order valence-electron chi connectivity index (χ2n) is 7.22. The van der Waals surface area contributed by atoms with Crippen LogP contribution in [-0.2, 0) is 0 Å². The number of nitrogens with one attached hydrogen (secondary N) is 1. The van der Waals surface area contributed by atoms with Crippen LogP contribution in [0, 0.1) is 0 Å². The highest BCUT2D eigenvalue weighted by Crippen LogP contribution is 2.35. The van der Waals surface area contributed by atoms with Crippen molar-refractivity contribution in [3.63, 3.8) is 0 Å². The summed E-state index contributed by atoms with van der Waals surface area (Å²) in [6, 6.07) is 13.9. The van der Waals surface area contributed by atoms with Crippen LogP contribution < -0.4 is 15.0 Å². The monoisotopic (exact) mass is 398 g/mol. The number of anilines is 3. The van der Waals surface area contributed by atoms with Crippen LogP contribution in [-0.4, -0.2) is 40.1 Å². The second-order valence-corrected chi connectivity index (χ2v) is 7.22. The van der Waals surface area contributed by atoms with Gasteiger partial charge in [0.05, 0.1) is 30.4 Å². The minimum atomic E-state index is 0.651. The minimum absolute atomic E-state index is 0.651. The Morgan fingerprint density at radius 3 is 2.63 bits per heavy atom.